The minimum Gasteiger partial charge on any atom is -0.378 e. The summed E-state index contributed by atoms with van der Waals surface area (Å²) in [6.45, 7) is 3.18. The van der Waals surface area contributed by atoms with Crippen LogP contribution in [0.5, 0.6) is 0 Å². The average Bonchev–Trinajstić information content (AvgIpc) is 2.45. The smallest absolute Gasteiger partial charge is 0.193 e. The van der Waals surface area contributed by atoms with E-state index in [1.807, 2.05) is 0 Å². The van der Waals surface area contributed by atoms with Gasteiger partial charge in [-0.1, -0.05) is 24.0 Å². The maximum atomic E-state index is 12.9. The number of hydrogen-bond donors (Lipinski definition) is 1. The van der Waals surface area contributed by atoms with Crippen molar-refractivity contribution in [1.82, 2.24) is 0 Å². The van der Waals surface area contributed by atoms with Crippen LogP contribution < -0.4 is 0 Å². The number of benzene rings is 2. The van der Waals surface area contributed by atoms with Gasteiger partial charge in [0.05, 0.1) is 0 Å². The molecular weight excluding hydrogens is 267 g/mol. The van der Waals surface area contributed by atoms with Crippen LogP contribution in [0, 0.1) is 17.7 Å². The van der Waals surface area contributed by atoms with Crippen molar-refractivity contribution in [3.63, 3.8) is 0 Å². The van der Waals surface area contributed by atoms with Crippen LogP contribution in [0.1, 0.15) is 35.3 Å². The number of carbonyl (C=O) groups excluding carboxylic acids is 1. The molecule has 0 bridgehead atoms. The molecule has 0 fully saturated rings. The van der Waals surface area contributed by atoms with Gasteiger partial charge in [-0.3, -0.25) is 4.79 Å². The first-order valence-corrected chi connectivity index (χ1v) is 6.51. The van der Waals surface area contributed by atoms with Gasteiger partial charge in [-0.05, 0) is 50.2 Å². The lowest BCUT2D eigenvalue weighted by molar-refractivity contribution is 0.103. The number of hydrogen-bond acceptors (Lipinski definition) is 2. The summed E-state index contributed by atoms with van der Waals surface area (Å²) >= 11 is 0. The molecule has 0 aliphatic heterocycles. The van der Waals surface area contributed by atoms with Gasteiger partial charge < -0.3 is 5.11 Å². The zero-order valence-corrected chi connectivity index (χ0v) is 11.9. The van der Waals surface area contributed by atoms with Crippen molar-refractivity contribution in [3.8, 4) is 11.8 Å². The SMILES string of the molecule is CC(C)(O)C#Cc1cccc(C(=O)c2ccc(F)cc2)c1. The van der Waals surface area contributed by atoms with E-state index < -0.39 is 5.60 Å². The van der Waals surface area contributed by atoms with E-state index in [-0.39, 0.29) is 11.6 Å². The third kappa shape index (κ3) is 4.27. The Balaban J connectivity index is 2.30. The van der Waals surface area contributed by atoms with E-state index in [0.29, 0.717) is 16.7 Å². The molecule has 2 aromatic carbocycles. The van der Waals surface area contributed by atoms with E-state index in [9.17, 15) is 14.3 Å². The molecule has 0 unspecified atom stereocenters. The number of halogens is 1. The lowest BCUT2D eigenvalue weighted by Crippen LogP contribution is -2.14. The zero-order chi connectivity index (χ0) is 15.5. The molecule has 21 heavy (non-hydrogen) atoms. The van der Waals surface area contributed by atoms with Gasteiger partial charge in [0, 0.05) is 16.7 Å². The molecule has 0 radical (unpaired) electrons. The van der Waals surface area contributed by atoms with Crippen LogP contribution in [-0.2, 0) is 0 Å². The molecule has 0 spiro atoms. The Kier molecular flexibility index (Phi) is 4.21. The van der Waals surface area contributed by atoms with Crippen molar-refractivity contribution in [3.05, 3.63) is 71.0 Å². The first-order chi connectivity index (χ1) is 9.85. The highest BCUT2D eigenvalue weighted by Gasteiger charge is 2.10. The van der Waals surface area contributed by atoms with Gasteiger partial charge >= 0.3 is 0 Å². The summed E-state index contributed by atoms with van der Waals surface area (Å²) in [5, 5.41) is 9.59. The molecule has 2 rings (SSSR count). The summed E-state index contributed by atoms with van der Waals surface area (Å²) in [6, 6.07) is 12.2. The van der Waals surface area contributed by atoms with Crippen LogP contribution >= 0.6 is 0 Å². The maximum absolute atomic E-state index is 12.9. The molecule has 2 nitrogen and oxygen atoms in total. The fraction of sp³-hybridized carbons (Fsp3) is 0.167. The number of carbonyl (C=O) groups is 1. The number of rotatable bonds is 2. The Morgan fingerprint density at radius 3 is 2.38 bits per heavy atom. The predicted molar refractivity (Wildman–Crippen MR) is 79.5 cm³/mol. The Morgan fingerprint density at radius 2 is 1.76 bits per heavy atom. The van der Waals surface area contributed by atoms with E-state index in [2.05, 4.69) is 11.8 Å². The summed E-state index contributed by atoms with van der Waals surface area (Å²) in [5.74, 6) is 4.95. The van der Waals surface area contributed by atoms with E-state index >= 15 is 0 Å². The van der Waals surface area contributed by atoms with Crippen LogP contribution in [0.4, 0.5) is 4.39 Å². The second-order valence-corrected chi connectivity index (χ2v) is 5.23. The topological polar surface area (TPSA) is 37.3 Å². The average molecular weight is 282 g/mol. The Bertz CT molecular complexity index is 713. The van der Waals surface area contributed by atoms with Gasteiger partial charge in [0.25, 0.3) is 0 Å². The monoisotopic (exact) mass is 282 g/mol. The first kappa shape index (κ1) is 15.0. The quantitative estimate of drug-likeness (QED) is 0.678. The molecule has 1 N–H and O–H groups in total. The summed E-state index contributed by atoms with van der Waals surface area (Å²) in [6.07, 6.45) is 0. The lowest BCUT2D eigenvalue weighted by Gasteiger charge is -2.06. The molecular formula is C18H15FO2. The Hall–Kier alpha value is -2.44. The summed E-state index contributed by atoms with van der Waals surface area (Å²) in [4.78, 5) is 12.3. The highest BCUT2D eigenvalue weighted by molar-refractivity contribution is 6.09. The van der Waals surface area contributed by atoms with E-state index in [1.165, 1.54) is 24.3 Å². The molecule has 0 amide bonds. The van der Waals surface area contributed by atoms with Gasteiger partial charge in [-0.25, -0.2) is 4.39 Å². The van der Waals surface area contributed by atoms with Crippen molar-refractivity contribution in [1.29, 1.82) is 0 Å². The molecule has 0 saturated carbocycles. The first-order valence-electron chi connectivity index (χ1n) is 6.51. The third-order valence-electron chi connectivity index (χ3n) is 2.74. The van der Waals surface area contributed by atoms with E-state index in [1.54, 1.807) is 38.1 Å². The minimum absolute atomic E-state index is 0.193. The van der Waals surface area contributed by atoms with Crippen LogP contribution in [-0.4, -0.2) is 16.5 Å². The molecule has 0 aliphatic rings. The molecule has 2 aromatic rings. The number of aliphatic hydroxyl groups is 1. The van der Waals surface area contributed by atoms with Gasteiger partial charge in [-0.2, -0.15) is 0 Å². The molecule has 3 heteroatoms. The maximum Gasteiger partial charge on any atom is 0.193 e. The predicted octanol–water partition coefficient (Wildman–Crippen LogP) is 3.18. The Morgan fingerprint density at radius 1 is 1.10 bits per heavy atom. The van der Waals surface area contributed by atoms with Gasteiger partial charge in [0.2, 0.25) is 0 Å². The van der Waals surface area contributed by atoms with Crippen LogP contribution in [0.2, 0.25) is 0 Å². The Labute approximate surface area is 123 Å². The van der Waals surface area contributed by atoms with E-state index in [4.69, 9.17) is 0 Å². The van der Waals surface area contributed by atoms with E-state index in [0.717, 1.165) is 0 Å². The lowest BCUT2D eigenvalue weighted by atomic mass is 10.0. The van der Waals surface area contributed by atoms with Crippen molar-refractivity contribution >= 4 is 5.78 Å². The fourth-order valence-electron chi connectivity index (χ4n) is 1.73. The molecule has 0 aliphatic carbocycles. The standard InChI is InChI=1S/C18H15FO2/c1-18(2,21)11-10-13-4-3-5-15(12-13)17(20)14-6-8-16(19)9-7-14/h3-9,12,21H,1-2H3. The van der Waals surface area contributed by atoms with Gasteiger partial charge in [0.15, 0.2) is 5.78 Å². The molecule has 0 aromatic heterocycles. The highest BCUT2D eigenvalue weighted by atomic mass is 19.1. The van der Waals surface area contributed by atoms with Crippen molar-refractivity contribution in [2.75, 3.05) is 0 Å². The zero-order valence-electron chi connectivity index (χ0n) is 11.9. The normalized spacial score (nSPS) is 10.7. The van der Waals surface area contributed by atoms with Crippen molar-refractivity contribution in [2.45, 2.75) is 19.4 Å². The summed E-state index contributed by atoms with van der Waals surface area (Å²) < 4.78 is 12.9. The largest absolute Gasteiger partial charge is 0.378 e. The summed E-state index contributed by atoms with van der Waals surface area (Å²) in [5.41, 5.74) is 0.454. The van der Waals surface area contributed by atoms with Crippen molar-refractivity contribution in [2.24, 2.45) is 0 Å². The molecule has 0 heterocycles. The van der Waals surface area contributed by atoms with Gasteiger partial charge in [-0.15, -0.1) is 0 Å². The van der Waals surface area contributed by atoms with Crippen LogP contribution in [0.25, 0.3) is 0 Å². The molecule has 0 atom stereocenters. The highest BCUT2D eigenvalue weighted by Crippen LogP contribution is 2.12. The minimum atomic E-state index is -1.09. The second kappa shape index (κ2) is 5.90. The van der Waals surface area contributed by atoms with Crippen LogP contribution in [0.3, 0.4) is 0 Å². The molecule has 0 saturated heterocycles. The second-order valence-electron chi connectivity index (χ2n) is 5.23. The van der Waals surface area contributed by atoms with Gasteiger partial charge in [0.1, 0.15) is 11.4 Å². The van der Waals surface area contributed by atoms with Crippen LogP contribution in [0.15, 0.2) is 48.5 Å². The summed E-state index contributed by atoms with van der Waals surface area (Å²) in [7, 11) is 0. The molecule has 106 valence electrons. The fourth-order valence-corrected chi connectivity index (χ4v) is 1.73. The third-order valence-corrected chi connectivity index (χ3v) is 2.74. The van der Waals surface area contributed by atoms with Crippen molar-refractivity contribution < 1.29 is 14.3 Å². The number of ketones is 1.